The number of carbonyl (C=O) groups excluding carboxylic acids is 1. The SMILES string of the molecule is Cc1cccc(OCC(=O)NCC(O)c2ccc(C(F)(F)F)cc2)c1. The molecule has 0 aliphatic carbocycles. The van der Waals surface area contributed by atoms with E-state index in [0.29, 0.717) is 5.75 Å². The van der Waals surface area contributed by atoms with Crippen LogP contribution in [0.15, 0.2) is 48.5 Å². The highest BCUT2D eigenvalue weighted by molar-refractivity contribution is 5.77. The number of hydrogen-bond acceptors (Lipinski definition) is 3. The van der Waals surface area contributed by atoms with E-state index in [4.69, 9.17) is 4.74 Å². The van der Waals surface area contributed by atoms with Crippen molar-refractivity contribution in [2.45, 2.75) is 19.2 Å². The van der Waals surface area contributed by atoms with E-state index in [2.05, 4.69) is 5.32 Å². The highest BCUT2D eigenvalue weighted by Gasteiger charge is 2.30. The largest absolute Gasteiger partial charge is 0.484 e. The Morgan fingerprint density at radius 3 is 2.48 bits per heavy atom. The second-order valence-electron chi connectivity index (χ2n) is 5.54. The fourth-order valence-corrected chi connectivity index (χ4v) is 2.13. The molecular weight excluding hydrogens is 335 g/mol. The number of benzene rings is 2. The van der Waals surface area contributed by atoms with E-state index < -0.39 is 23.8 Å². The van der Waals surface area contributed by atoms with Gasteiger partial charge in [0.1, 0.15) is 5.75 Å². The van der Waals surface area contributed by atoms with E-state index in [1.807, 2.05) is 13.0 Å². The number of ether oxygens (including phenoxy) is 1. The zero-order valence-corrected chi connectivity index (χ0v) is 13.5. The van der Waals surface area contributed by atoms with Gasteiger partial charge in [-0.1, -0.05) is 24.3 Å². The number of halogens is 3. The van der Waals surface area contributed by atoms with Gasteiger partial charge in [0.15, 0.2) is 6.61 Å². The highest BCUT2D eigenvalue weighted by atomic mass is 19.4. The minimum atomic E-state index is -4.43. The average Bonchev–Trinajstić information content (AvgIpc) is 2.57. The summed E-state index contributed by atoms with van der Waals surface area (Å²) < 4.78 is 42.8. The number of hydrogen-bond donors (Lipinski definition) is 2. The molecule has 25 heavy (non-hydrogen) atoms. The molecule has 1 atom stereocenters. The molecule has 2 N–H and O–H groups in total. The summed E-state index contributed by atoms with van der Waals surface area (Å²) in [6.45, 7) is 1.55. The number of alkyl halides is 3. The third-order valence-corrected chi connectivity index (χ3v) is 3.47. The number of rotatable bonds is 6. The molecule has 2 aromatic rings. The first-order valence-corrected chi connectivity index (χ1v) is 7.57. The molecule has 0 spiro atoms. The smallest absolute Gasteiger partial charge is 0.416 e. The maximum Gasteiger partial charge on any atom is 0.416 e. The summed E-state index contributed by atoms with van der Waals surface area (Å²) in [5.74, 6) is 0.117. The molecule has 0 fully saturated rings. The van der Waals surface area contributed by atoms with Gasteiger partial charge in [-0.3, -0.25) is 4.79 Å². The lowest BCUT2D eigenvalue weighted by Gasteiger charge is -2.14. The van der Waals surface area contributed by atoms with Crippen LogP contribution in [0.2, 0.25) is 0 Å². The van der Waals surface area contributed by atoms with Crippen molar-refractivity contribution in [1.82, 2.24) is 5.32 Å². The zero-order chi connectivity index (χ0) is 18.4. The molecule has 1 amide bonds. The summed E-state index contributed by atoms with van der Waals surface area (Å²) >= 11 is 0. The van der Waals surface area contributed by atoms with E-state index in [0.717, 1.165) is 17.7 Å². The molecule has 0 bridgehead atoms. The lowest BCUT2D eigenvalue weighted by Crippen LogP contribution is -2.32. The predicted molar refractivity (Wildman–Crippen MR) is 86.1 cm³/mol. The number of nitrogens with one attached hydrogen (secondary N) is 1. The summed E-state index contributed by atoms with van der Waals surface area (Å²) in [5.41, 5.74) is 0.488. The monoisotopic (exact) mass is 353 g/mol. The molecule has 2 aromatic carbocycles. The summed E-state index contributed by atoms with van der Waals surface area (Å²) in [7, 11) is 0. The first kappa shape index (κ1) is 18.8. The molecule has 134 valence electrons. The Bertz CT molecular complexity index is 714. The summed E-state index contributed by atoms with van der Waals surface area (Å²) in [6, 6.07) is 11.3. The van der Waals surface area contributed by atoms with E-state index in [-0.39, 0.29) is 18.7 Å². The molecule has 4 nitrogen and oxygen atoms in total. The second kappa shape index (κ2) is 8.02. The maximum absolute atomic E-state index is 12.5. The Balaban J connectivity index is 1.80. The van der Waals surface area contributed by atoms with Crippen LogP contribution in [0.4, 0.5) is 13.2 Å². The Morgan fingerprint density at radius 1 is 1.20 bits per heavy atom. The van der Waals surface area contributed by atoms with Crippen molar-refractivity contribution in [2.24, 2.45) is 0 Å². The van der Waals surface area contributed by atoms with Crippen molar-refractivity contribution in [3.63, 3.8) is 0 Å². The Morgan fingerprint density at radius 2 is 1.88 bits per heavy atom. The Labute approximate surface area is 143 Å². The first-order valence-electron chi connectivity index (χ1n) is 7.57. The molecule has 0 radical (unpaired) electrons. The molecule has 0 aromatic heterocycles. The highest BCUT2D eigenvalue weighted by Crippen LogP contribution is 2.29. The van der Waals surface area contributed by atoms with Gasteiger partial charge in [-0.25, -0.2) is 0 Å². The van der Waals surface area contributed by atoms with Crippen LogP contribution in [0.5, 0.6) is 5.75 Å². The third kappa shape index (κ3) is 5.79. The van der Waals surface area contributed by atoms with E-state index in [1.165, 1.54) is 12.1 Å². The molecule has 0 heterocycles. The van der Waals surface area contributed by atoms with Crippen LogP contribution in [-0.2, 0) is 11.0 Å². The number of aliphatic hydroxyl groups is 1. The van der Waals surface area contributed by atoms with Crippen molar-refractivity contribution in [3.05, 3.63) is 65.2 Å². The topological polar surface area (TPSA) is 58.6 Å². The van der Waals surface area contributed by atoms with Crippen LogP contribution in [-0.4, -0.2) is 24.2 Å². The van der Waals surface area contributed by atoms with E-state index in [1.54, 1.807) is 18.2 Å². The lowest BCUT2D eigenvalue weighted by atomic mass is 10.1. The maximum atomic E-state index is 12.5. The van der Waals surface area contributed by atoms with Crippen molar-refractivity contribution < 1.29 is 27.8 Å². The fourth-order valence-electron chi connectivity index (χ4n) is 2.13. The second-order valence-corrected chi connectivity index (χ2v) is 5.54. The van der Waals surface area contributed by atoms with Gasteiger partial charge in [0.25, 0.3) is 5.91 Å². The first-order chi connectivity index (χ1) is 11.8. The van der Waals surface area contributed by atoms with Crippen LogP contribution < -0.4 is 10.1 Å². The molecule has 0 saturated carbocycles. The lowest BCUT2D eigenvalue weighted by molar-refractivity contribution is -0.137. The molecule has 0 saturated heterocycles. The average molecular weight is 353 g/mol. The van der Waals surface area contributed by atoms with Gasteiger partial charge >= 0.3 is 6.18 Å². The van der Waals surface area contributed by atoms with Gasteiger partial charge in [-0.2, -0.15) is 13.2 Å². The van der Waals surface area contributed by atoms with Gasteiger partial charge < -0.3 is 15.2 Å². The minimum absolute atomic E-state index is 0.124. The van der Waals surface area contributed by atoms with Crippen molar-refractivity contribution in [2.75, 3.05) is 13.2 Å². The number of aliphatic hydroxyl groups excluding tert-OH is 1. The molecule has 2 rings (SSSR count). The van der Waals surface area contributed by atoms with Gasteiger partial charge in [0, 0.05) is 6.54 Å². The Hall–Kier alpha value is -2.54. The summed E-state index contributed by atoms with van der Waals surface area (Å²) in [4.78, 5) is 11.7. The van der Waals surface area contributed by atoms with E-state index >= 15 is 0 Å². The van der Waals surface area contributed by atoms with Gasteiger partial charge in [-0.15, -0.1) is 0 Å². The van der Waals surface area contributed by atoms with Gasteiger partial charge in [0.2, 0.25) is 0 Å². The minimum Gasteiger partial charge on any atom is -0.484 e. The standard InChI is InChI=1S/C18H18F3NO3/c1-12-3-2-4-15(9-12)25-11-17(24)22-10-16(23)13-5-7-14(8-6-13)18(19,20)21/h2-9,16,23H,10-11H2,1H3,(H,22,24). The fraction of sp³-hybridized carbons (Fsp3) is 0.278. The quantitative estimate of drug-likeness (QED) is 0.838. The van der Waals surface area contributed by atoms with E-state index in [9.17, 15) is 23.1 Å². The van der Waals surface area contributed by atoms with Crippen molar-refractivity contribution in [3.8, 4) is 5.75 Å². The van der Waals surface area contributed by atoms with Crippen LogP contribution in [0.1, 0.15) is 22.8 Å². The predicted octanol–water partition coefficient (Wildman–Crippen LogP) is 3.24. The van der Waals surface area contributed by atoms with Gasteiger partial charge in [-0.05, 0) is 42.3 Å². The normalized spacial score (nSPS) is 12.5. The van der Waals surface area contributed by atoms with Crippen molar-refractivity contribution in [1.29, 1.82) is 0 Å². The van der Waals surface area contributed by atoms with Crippen LogP contribution in [0.25, 0.3) is 0 Å². The molecule has 7 heteroatoms. The molecule has 0 aliphatic rings. The molecule has 1 unspecified atom stereocenters. The number of aryl methyl sites for hydroxylation is 1. The van der Waals surface area contributed by atoms with Crippen molar-refractivity contribution >= 4 is 5.91 Å². The summed E-state index contributed by atoms with van der Waals surface area (Å²) in [6.07, 6.45) is -5.53. The van der Waals surface area contributed by atoms with Crippen LogP contribution >= 0.6 is 0 Å². The zero-order valence-electron chi connectivity index (χ0n) is 13.5. The third-order valence-electron chi connectivity index (χ3n) is 3.47. The van der Waals surface area contributed by atoms with Crippen LogP contribution in [0, 0.1) is 6.92 Å². The molecular formula is C18H18F3NO3. The van der Waals surface area contributed by atoms with Gasteiger partial charge in [0.05, 0.1) is 11.7 Å². The summed E-state index contributed by atoms with van der Waals surface area (Å²) in [5, 5.41) is 12.4. The molecule has 0 aliphatic heterocycles. The van der Waals surface area contributed by atoms with Crippen LogP contribution in [0.3, 0.4) is 0 Å². The Kier molecular flexibility index (Phi) is 6.03. The number of carbonyl (C=O) groups is 1. The number of amides is 1.